The maximum atomic E-state index is 13.1. The summed E-state index contributed by atoms with van der Waals surface area (Å²) in [6.07, 6.45) is 0. The Morgan fingerprint density at radius 2 is 1.79 bits per heavy atom. The fourth-order valence-electron chi connectivity index (χ4n) is 2.16. The van der Waals surface area contributed by atoms with E-state index in [1.165, 1.54) is 25.1 Å². The monoisotopic (exact) mass is 371 g/mol. The normalized spacial score (nSPS) is 12.7. The Morgan fingerprint density at radius 3 is 2.29 bits per heavy atom. The number of carbonyl (C=O) groups is 1. The summed E-state index contributed by atoms with van der Waals surface area (Å²) in [5.41, 5.74) is 0.766. The third-order valence-electron chi connectivity index (χ3n) is 3.48. The first kappa shape index (κ1) is 18.2. The van der Waals surface area contributed by atoms with E-state index < -0.39 is 27.9 Å². The lowest BCUT2D eigenvalue weighted by Gasteiger charge is -2.28. The zero-order valence-electron chi connectivity index (χ0n) is 12.9. The maximum Gasteiger partial charge on any atom is 0.327 e. The number of carboxylic acids is 1. The van der Waals surface area contributed by atoms with Crippen molar-refractivity contribution < 1.29 is 22.7 Å². The molecule has 5 nitrogen and oxygen atoms in total. The molecule has 2 aromatic carbocycles. The molecule has 0 saturated carbocycles. The second-order valence-corrected chi connectivity index (χ2v) is 7.42. The van der Waals surface area contributed by atoms with Gasteiger partial charge in [0.1, 0.15) is 11.9 Å². The third kappa shape index (κ3) is 3.52. The van der Waals surface area contributed by atoms with Crippen molar-refractivity contribution in [3.8, 4) is 0 Å². The summed E-state index contributed by atoms with van der Waals surface area (Å²) in [4.78, 5) is 11.2. The summed E-state index contributed by atoms with van der Waals surface area (Å²) in [7, 11) is -4.20. The summed E-state index contributed by atoms with van der Waals surface area (Å²) >= 11 is 5.95. The number of hydrogen-bond acceptors (Lipinski definition) is 3. The van der Waals surface area contributed by atoms with Gasteiger partial charge < -0.3 is 5.11 Å². The van der Waals surface area contributed by atoms with Crippen molar-refractivity contribution in [3.63, 3.8) is 0 Å². The second-order valence-electron chi connectivity index (χ2n) is 5.20. The minimum Gasteiger partial charge on any atom is -0.480 e. The highest BCUT2D eigenvalue weighted by Crippen LogP contribution is 2.29. The summed E-state index contributed by atoms with van der Waals surface area (Å²) in [5.74, 6) is -1.90. The Morgan fingerprint density at radius 1 is 1.21 bits per heavy atom. The predicted molar refractivity (Wildman–Crippen MR) is 89.4 cm³/mol. The highest BCUT2D eigenvalue weighted by Gasteiger charge is 2.33. The fraction of sp³-hybridized carbons (Fsp3) is 0.188. The van der Waals surface area contributed by atoms with Gasteiger partial charge in [-0.2, -0.15) is 0 Å². The molecule has 2 rings (SSSR count). The molecule has 128 valence electrons. The van der Waals surface area contributed by atoms with Gasteiger partial charge in [0.05, 0.1) is 10.6 Å². The number of nitrogens with zero attached hydrogens (tertiary/aromatic N) is 1. The van der Waals surface area contributed by atoms with Crippen LogP contribution < -0.4 is 4.31 Å². The molecule has 0 amide bonds. The van der Waals surface area contributed by atoms with Gasteiger partial charge in [-0.05, 0) is 61.9 Å². The zero-order valence-corrected chi connectivity index (χ0v) is 14.5. The molecule has 1 N–H and O–H groups in total. The third-order valence-corrected chi connectivity index (χ3v) is 5.81. The number of aryl methyl sites for hydroxylation is 1. The molecule has 24 heavy (non-hydrogen) atoms. The highest BCUT2D eigenvalue weighted by molar-refractivity contribution is 7.92. The molecule has 1 atom stereocenters. The molecule has 0 aliphatic rings. The van der Waals surface area contributed by atoms with Gasteiger partial charge in [0, 0.05) is 5.02 Å². The van der Waals surface area contributed by atoms with E-state index in [-0.39, 0.29) is 10.6 Å². The van der Waals surface area contributed by atoms with Gasteiger partial charge in [0.2, 0.25) is 0 Å². The van der Waals surface area contributed by atoms with Crippen molar-refractivity contribution in [1.29, 1.82) is 0 Å². The lowest BCUT2D eigenvalue weighted by atomic mass is 10.2. The molecule has 0 saturated heterocycles. The number of benzene rings is 2. The molecule has 0 fully saturated rings. The van der Waals surface area contributed by atoms with E-state index in [0.29, 0.717) is 10.6 Å². The topological polar surface area (TPSA) is 74.7 Å². The van der Waals surface area contributed by atoms with Crippen LogP contribution in [0.15, 0.2) is 47.4 Å². The number of halogens is 2. The van der Waals surface area contributed by atoms with Crippen molar-refractivity contribution in [2.75, 3.05) is 4.31 Å². The van der Waals surface area contributed by atoms with Crippen LogP contribution in [0, 0.1) is 12.7 Å². The maximum absolute atomic E-state index is 13.1. The number of rotatable bonds is 5. The molecular formula is C16H15ClFNO4S. The first-order valence-corrected chi connectivity index (χ1v) is 8.75. The number of anilines is 1. The number of carboxylic acid groups (broad SMARTS) is 1. The first-order valence-electron chi connectivity index (χ1n) is 6.93. The Kier molecular flexibility index (Phi) is 5.15. The van der Waals surface area contributed by atoms with Gasteiger partial charge in [-0.15, -0.1) is 0 Å². The second kappa shape index (κ2) is 6.78. The molecule has 0 heterocycles. The lowest BCUT2D eigenvalue weighted by molar-refractivity contribution is -0.137. The minimum absolute atomic E-state index is 0.163. The predicted octanol–water partition coefficient (Wildman–Crippen LogP) is 3.46. The van der Waals surface area contributed by atoms with Crippen LogP contribution in [-0.2, 0) is 14.8 Å². The average Bonchev–Trinajstić information content (AvgIpc) is 2.51. The molecule has 0 radical (unpaired) electrons. The van der Waals surface area contributed by atoms with Gasteiger partial charge in [0.15, 0.2) is 0 Å². The molecular weight excluding hydrogens is 357 g/mol. The lowest BCUT2D eigenvalue weighted by Crippen LogP contribution is -2.43. The first-order chi connectivity index (χ1) is 11.1. The molecule has 2 aromatic rings. The standard InChI is InChI=1S/C16H15ClFNO4S/c1-10-9-13(5-8-15(10)17)19(11(2)16(20)21)24(22,23)14-6-3-12(18)4-7-14/h3-9,11H,1-2H3,(H,20,21). The number of aliphatic carboxylic acids is 1. The van der Waals surface area contributed by atoms with Crippen molar-refractivity contribution in [2.24, 2.45) is 0 Å². The van der Waals surface area contributed by atoms with Crippen molar-refractivity contribution in [1.82, 2.24) is 0 Å². The SMILES string of the molecule is Cc1cc(N(C(C)C(=O)O)S(=O)(=O)c2ccc(F)cc2)ccc1Cl. The van der Waals surface area contributed by atoms with E-state index in [1.54, 1.807) is 6.92 Å². The van der Waals surface area contributed by atoms with Gasteiger partial charge in [-0.1, -0.05) is 11.6 Å². The molecule has 0 aliphatic carbocycles. The molecule has 1 unspecified atom stereocenters. The highest BCUT2D eigenvalue weighted by atomic mass is 35.5. The summed E-state index contributed by atoms with van der Waals surface area (Å²) in [5, 5.41) is 9.73. The minimum atomic E-state index is -4.20. The summed E-state index contributed by atoms with van der Waals surface area (Å²) in [6.45, 7) is 2.94. The van der Waals surface area contributed by atoms with Gasteiger partial charge in [0.25, 0.3) is 10.0 Å². The smallest absolute Gasteiger partial charge is 0.327 e. The van der Waals surface area contributed by atoms with Crippen LogP contribution in [0.3, 0.4) is 0 Å². The van der Waals surface area contributed by atoms with E-state index in [2.05, 4.69) is 0 Å². The zero-order chi connectivity index (χ0) is 18.1. The van der Waals surface area contributed by atoms with Crippen LogP contribution in [0.1, 0.15) is 12.5 Å². The van der Waals surface area contributed by atoms with Crippen molar-refractivity contribution >= 4 is 33.3 Å². The van der Waals surface area contributed by atoms with E-state index in [0.717, 1.165) is 28.6 Å². The van der Waals surface area contributed by atoms with Gasteiger partial charge >= 0.3 is 5.97 Å². The van der Waals surface area contributed by atoms with E-state index in [4.69, 9.17) is 11.6 Å². The summed E-state index contributed by atoms with van der Waals surface area (Å²) in [6, 6.07) is 7.24. The Hall–Kier alpha value is -2.12. The van der Waals surface area contributed by atoms with E-state index >= 15 is 0 Å². The van der Waals surface area contributed by atoms with Crippen LogP contribution in [-0.4, -0.2) is 25.5 Å². The quantitative estimate of drug-likeness (QED) is 0.873. The van der Waals surface area contributed by atoms with E-state index in [1.807, 2.05) is 0 Å². The van der Waals surface area contributed by atoms with Crippen LogP contribution in [0.4, 0.5) is 10.1 Å². The van der Waals surface area contributed by atoms with Crippen LogP contribution in [0.25, 0.3) is 0 Å². The Labute approximate surface area is 144 Å². The van der Waals surface area contributed by atoms with E-state index in [9.17, 15) is 22.7 Å². The Balaban J connectivity index is 2.63. The molecule has 0 aromatic heterocycles. The molecule has 0 aliphatic heterocycles. The Bertz CT molecular complexity index is 868. The van der Waals surface area contributed by atoms with Crippen molar-refractivity contribution in [2.45, 2.75) is 24.8 Å². The van der Waals surface area contributed by atoms with Gasteiger partial charge in [-0.3, -0.25) is 4.31 Å². The van der Waals surface area contributed by atoms with Gasteiger partial charge in [-0.25, -0.2) is 17.6 Å². The molecule has 0 spiro atoms. The number of hydrogen-bond donors (Lipinski definition) is 1. The molecule has 8 heteroatoms. The average molecular weight is 372 g/mol. The van der Waals surface area contributed by atoms with Crippen LogP contribution >= 0.6 is 11.6 Å². The largest absolute Gasteiger partial charge is 0.480 e. The fourth-order valence-corrected chi connectivity index (χ4v) is 3.88. The van der Waals surface area contributed by atoms with Crippen molar-refractivity contribution in [3.05, 3.63) is 58.9 Å². The summed E-state index contributed by atoms with van der Waals surface area (Å²) < 4.78 is 39.6. The molecule has 0 bridgehead atoms. The number of sulfonamides is 1. The van der Waals surface area contributed by atoms with Crippen LogP contribution in [0.2, 0.25) is 5.02 Å². The van der Waals surface area contributed by atoms with Crippen LogP contribution in [0.5, 0.6) is 0 Å².